The molecule has 0 aliphatic heterocycles. The molecular weight excluding hydrogens is 294 g/mol. The van der Waals surface area contributed by atoms with Gasteiger partial charge >= 0.3 is 0 Å². The maximum atomic E-state index is 4.48. The molecule has 3 aromatic heterocycles. The van der Waals surface area contributed by atoms with Crippen LogP contribution in [0.2, 0.25) is 0 Å². The van der Waals surface area contributed by atoms with Crippen molar-refractivity contribution in [1.29, 1.82) is 0 Å². The Morgan fingerprint density at radius 3 is 3.05 bits per heavy atom. The molecule has 1 aliphatic carbocycles. The second-order valence-corrected chi connectivity index (χ2v) is 6.90. The average molecular weight is 313 g/mol. The smallest absolute Gasteiger partial charge is 0.138 e. The van der Waals surface area contributed by atoms with Gasteiger partial charge in [-0.15, -0.1) is 11.3 Å². The summed E-state index contributed by atoms with van der Waals surface area (Å²) in [6.07, 6.45) is 10.6. The summed E-state index contributed by atoms with van der Waals surface area (Å²) in [4.78, 5) is 11.6. The molecular formula is C16H19N5S. The van der Waals surface area contributed by atoms with Gasteiger partial charge in [-0.25, -0.2) is 9.97 Å². The van der Waals surface area contributed by atoms with Crippen molar-refractivity contribution in [3.05, 3.63) is 34.7 Å². The van der Waals surface area contributed by atoms with Crippen LogP contribution in [-0.2, 0) is 19.4 Å². The summed E-state index contributed by atoms with van der Waals surface area (Å²) >= 11 is 1.84. The molecule has 0 aromatic carbocycles. The SMILES string of the molecule is Cc1cnn(CCNc2ncnc3sc4c(c23)CCCC4)c1. The van der Waals surface area contributed by atoms with Gasteiger partial charge in [0.25, 0.3) is 0 Å². The number of thiophene rings is 1. The predicted molar refractivity (Wildman–Crippen MR) is 89.5 cm³/mol. The number of aromatic nitrogens is 4. The lowest BCUT2D eigenvalue weighted by molar-refractivity contribution is 0.637. The van der Waals surface area contributed by atoms with E-state index in [1.807, 2.05) is 22.2 Å². The fourth-order valence-electron chi connectivity index (χ4n) is 3.10. The highest BCUT2D eigenvalue weighted by molar-refractivity contribution is 7.19. The first-order valence-corrected chi connectivity index (χ1v) is 8.61. The Morgan fingerprint density at radius 1 is 1.27 bits per heavy atom. The van der Waals surface area contributed by atoms with Crippen LogP contribution < -0.4 is 5.32 Å². The van der Waals surface area contributed by atoms with Gasteiger partial charge in [0, 0.05) is 17.6 Å². The van der Waals surface area contributed by atoms with E-state index in [1.54, 1.807) is 6.33 Å². The molecule has 1 N–H and O–H groups in total. The van der Waals surface area contributed by atoms with Crippen molar-refractivity contribution < 1.29 is 0 Å². The molecule has 5 nitrogen and oxygen atoms in total. The van der Waals surface area contributed by atoms with Gasteiger partial charge < -0.3 is 5.32 Å². The number of hydrogen-bond donors (Lipinski definition) is 1. The first kappa shape index (κ1) is 13.7. The van der Waals surface area contributed by atoms with Gasteiger partial charge in [0.1, 0.15) is 17.0 Å². The minimum Gasteiger partial charge on any atom is -0.368 e. The van der Waals surface area contributed by atoms with Crippen LogP contribution in [0, 0.1) is 6.92 Å². The predicted octanol–water partition coefficient (Wildman–Crippen LogP) is 3.19. The molecule has 0 saturated heterocycles. The maximum Gasteiger partial charge on any atom is 0.138 e. The Kier molecular flexibility index (Phi) is 3.54. The average Bonchev–Trinajstić information content (AvgIpc) is 3.11. The number of nitrogens with zero attached hydrogens (tertiary/aromatic N) is 4. The van der Waals surface area contributed by atoms with Crippen LogP contribution in [0.3, 0.4) is 0 Å². The van der Waals surface area contributed by atoms with E-state index in [0.717, 1.165) is 30.2 Å². The van der Waals surface area contributed by atoms with E-state index in [1.165, 1.54) is 40.7 Å². The van der Waals surface area contributed by atoms with Crippen LogP contribution in [0.5, 0.6) is 0 Å². The van der Waals surface area contributed by atoms with E-state index in [0.29, 0.717) is 0 Å². The van der Waals surface area contributed by atoms with E-state index in [4.69, 9.17) is 0 Å². The Labute approximate surface area is 133 Å². The number of aryl methyl sites for hydroxylation is 3. The van der Waals surface area contributed by atoms with E-state index in [-0.39, 0.29) is 0 Å². The van der Waals surface area contributed by atoms with Gasteiger partial charge in [-0.1, -0.05) is 0 Å². The molecule has 22 heavy (non-hydrogen) atoms. The summed E-state index contributed by atoms with van der Waals surface area (Å²) in [5.41, 5.74) is 2.67. The van der Waals surface area contributed by atoms with Gasteiger partial charge in [0.2, 0.25) is 0 Å². The quantitative estimate of drug-likeness (QED) is 0.804. The topological polar surface area (TPSA) is 55.6 Å². The molecule has 6 heteroatoms. The number of anilines is 1. The lowest BCUT2D eigenvalue weighted by atomic mass is 9.97. The van der Waals surface area contributed by atoms with Gasteiger partial charge in [0.15, 0.2) is 0 Å². The monoisotopic (exact) mass is 313 g/mol. The molecule has 3 aromatic rings. The van der Waals surface area contributed by atoms with Crippen LogP contribution in [0.1, 0.15) is 28.8 Å². The standard InChI is InChI=1S/C16H19N5S/c1-11-8-20-21(9-11)7-6-17-15-14-12-4-2-3-5-13(12)22-16(14)19-10-18-15/h8-10H,2-7H2,1H3,(H,17,18,19). The molecule has 0 unspecified atom stereocenters. The van der Waals surface area contributed by atoms with E-state index in [9.17, 15) is 0 Å². The first-order valence-electron chi connectivity index (χ1n) is 7.79. The van der Waals surface area contributed by atoms with Crippen LogP contribution in [0.15, 0.2) is 18.7 Å². The van der Waals surface area contributed by atoms with Crippen LogP contribution in [-0.4, -0.2) is 26.3 Å². The zero-order chi connectivity index (χ0) is 14.9. The van der Waals surface area contributed by atoms with Crippen molar-refractivity contribution in [1.82, 2.24) is 19.7 Å². The largest absolute Gasteiger partial charge is 0.368 e. The second-order valence-electron chi connectivity index (χ2n) is 5.82. The third-order valence-corrected chi connectivity index (χ3v) is 5.35. The fraction of sp³-hybridized carbons (Fsp3) is 0.438. The highest BCUT2D eigenvalue weighted by atomic mass is 32.1. The lowest BCUT2D eigenvalue weighted by Crippen LogP contribution is -2.12. The number of rotatable bonds is 4. The Morgan fingerprint density at radius 2 is 2.18 bits per heavy atom. The van der Waals surface area contributed by atoms with Crippen molar-refractivity contribution >= 4 is 27.4 Å². The first-order chi connectivity index (χ1) is 10.8. The molecule has 0 radical (unpaired) electrons. The van der Waals surface area contributed by atoms with Crippen LogP contribution in [0.4, 0.5) is 5.82 Å². The van der Waals surface area contributed by atoms with Gasteiger partial charge in [-0.2, -0.15) is 5.10 Å². The highest BCUT2D eigenvalue weighted by Crippen LogP contribution is 2.37. The van der Waals surface area contributed by atoms with Crippen molar-refractivity contribution in [3.63, 3.8) is 0 Å². The van der Waals surface area contributed by atoms with E-state index in [2.05, 4.69) is 33.5 Å². The maximum absolute atomic E-state index is 4.48. The number of fused-ring (bicyclic) bond motifs is 3. The van der Waals surface area contributed by atoms with Crippen molar-refractivity contribution in [2.45, 2.75) is 39.2 Å². The molecule has 114 valence electrons. The van der Waals surface area contributed by atoms with E-state index < -0.39 is 0 Å². The van der Waals surface area contributed by atoms with Gasteiger partial charge in [0.05, 0.1) is 18.1 Å². The molecule has 0 bridgehead atoms. The van der Waals surface area contributed by atoms with E-state index >= 15 is 0 Å². The minimum atomic E-state index is 0.817. The Balaban J connectivity index is 1.57. The number of hydrogen-bond acceptors (Lipinski definition) is 5. The molecule has 0 spiro atoms. The Hall–Kier alpha value is -1.95. The summed E-state index contributed by atoms with van der Waals surface area (Å²) in [7, 11) is 0. The van der Waals surface area contributed by atoms with Crippen molar-refractivity contribution in [2.75, 3.05) is 11.9 Å². The minimum absolute atomic E-state index is 0.817. The number of nitrogens with one attached hydrogen (secondary N) is 1. The lowest BCUT2D eigenvalue weighted by Gasteiger charge is -2.12. The van der Waals surface area contributed by atoms with Crippen molar-refractivity contribution in [3.8, 4) is 0 Å². The molecule has 1 aliphatic rings. The Bertz CT molecular complexity index is 804. The van der Waals surface area contributed by atoms with Gasteiger partial charge in [-0.3, -0.25) is 4.68 Å². The second kappa shape index (κ2) is 5.68. The van der Waals surface area contributed by atoms with Crippen molar-refractivity contribution in [2.24, 2.45) is 0 Å². The molecule has 0 saturated carbocycles. The van der Waals surface area contributed by atoms with Gasteiger partial charge in [-0.05, 0) is 43.7 Å². The van der Waals surface area contributed by atoms with Crippen LogP contribution >= 0.6 is 11.3 Å². The fourth-order valence-corrected chi connectivity index (χ4v) is 4.33. The zero-order valence-corrected chi connectivity index (χ0v) is 13.5. The molecule has 3 heterocycles. The summed E-state index contributed by atoms with van der Waals surface area (Å²) in [5, 5.41) is 9.04. The normalized spacial score (nSPS) is 14.2. The third kappa shape index (κ3) is 2.47. The zero-order valence-electron chi connectivity index (χ0n) is 12.7. The third-order valence-electron chi connectivity index (χ3n) is 4.15. The molecule has 0 fully saturated rings. The highest BCUT2D eigenvalue weighted by Gasteiger charge is 2.19. The molecule has 0 atom stereocenters. The summed E-state index contributed by atoms with van der Waals surface area (Å²) < 4.78 is 1.96. The summed E-state index contributed by atoms with van der Waals surface area (Å²) in [5.74, 6) is 0.980. The van der Waals surface area contributed by atoms with Crippen LogP contribution in [0.25, 0.3) is 10.2 Å². The summed E-state index contributed by atoms with van der Waals surface area (Å²) in [6, 6.07) is 0. The summed E-state index contributed by atoms with van der Waals surface area (Å²) in [6.45, 7) is 3.71. The molecule has 4 rings (SSSR count). The molecule has 0 amide bonds.